The first-order valence-corrected chi connectivity index (χ1v) is 8.59. The highest BCUT2D eigenvalue weighted by molar-refractivity contribution is 5.82. The molecule has 2 saturated heterocycles. The Morgan fingerprint density at radius 3 is 2.74 bits per heavy atom. The number of aliphatic hydroxyl groups excluding tert-OH is 1. The van der Waals surface area contributed by atoms with Gasteiger partial charge < -0.3 is 14.7 Å². The molecule has 4 rings (SSSR count). The molecule has 0 amide bonds. The number of rotatable bonds is 2. The van der Waals surface area contributed by atoms with Crippen molar-refractivity contribution < 1.29 is 9.84 Å². The van der Waals surface area contributed by atoms with E-state index in [0.29, 0.717) is 0 Å². The standard InChI is InChI=1S/C19H24N2O2/c1-14-3-4-15-12-16(13-22)18(20-17(15)11-14)21-8-6-19(7-9-21)5-2-10-23-19/h3-4,11-12,22H,2,5-10,13H2,1H3. The van der Waals surface area contributed by atoms with Gasteiger partial charge in [0.25, 0.3) is 0 Å². The molecule has 2 aromatic rings. The summed E-state index contributed by atoms with van der Waals surface area (Å²) in [7, 11) is 0. The number of hydrogen-bond donors (Lipinski definition) is 1. The van der Waals surface area contributed by atoms with Crippen LogP contribution in [0.5, 0.6) is 0 Å². The molecule has 2 aliphatic rings. The van der Waals surface area contributed by atoms with E-state index in [1.165, 1.54) is 18.4 Å². The minimum absolute atomic E-state index is 0.0320. The second kappa shape index (κ2) is 5.77. The molecule has 1 spiro atoms. The van der Waals surface area contributed by atoms with Crippen LogP contribution < -0.4 is 4.90 Å². The molecular formula is C19H24N2O2. The van der Waals surface area contributed by atoms with E-state index in [0.717, 1.165) is 54.8 Å². The quantitative estimate of drug-likeness (QED) is 0.925. The summed E-state index contributed by atoms with van der Waals surface area (Å²) in [5, 5.41) is 10.9. The summed E-state index contributed by atoms with van der Waals surface area (Å²) in [6.45, 7) is 4.94. The molecule has 122 valence electrons. The molecule has 4 nitrogen and oxygen atoms in total. The Bertz CT molecular complexity index is 713. The second-order valence-corrected chi connectivity index (χ2v) is 6.95. The summed E-state index contributed by atoms with van der Waals surface area (Å²) < 4.78 is 6.01. The highest BCUT2D eigenvalue weighted by Crippen LogP contribution is 2.37. The number of aryl methyl sites for hydroxylation is 1. The van der Waals surface area contributed by atoms with Crippen LogP contribution in [0.15, 0.2) is 24.3 Å². The Labute approximate surface area is 137 Å². The van der Waals surface area contributed by atoms with Crippen molar-refractivity contribution in [3.05, 3.63) is 35.4 Å². The maximum Gasteiger partial charge on any atom is 0.134 e. The van der Waals surface area contributed by atoms with Gasteiger partial charge in [-0.2, -0.15) is 0 Å². The molecule has 0 bridgehead atoms. The van der Waals surface area contributed by atoms with Crippen molar-refractivity contribution in [2.45, 2.75) is 44.8 Å². The molecule has 0 unspecified atom stereocenters. The lowest BCUT2D eigenvalue weighted by molar-refractivity contribution is -0.0147. The van der Waals surface area contributed by atoms with Gasteiger partial charge in [0, 0.05) is 30.6 Å². The average Bonchev–Trinajstić information content (AvgIpc) is 3.02. The number of hydrogen-bond acceptors (Lipinski definition) is 4. The summed E-state index contributed by atoms with van der Waals surface area (Å²) >= 11 is 0. The third kappa shape index (κ3) is 2.70. The molecule has 1 N–H and O–H groups in total. The van der Waals surface area contributed by atoms with Gasteiger partial charge in [0.05, 0.1) is 17.7 Å². The van der Waals surface area contributed by atoms with Crippen LogP contribution in [0.25, 0.3) is 10.9 Å². The van der Waals surface area contributed by atoms with Gasteiger partial charge in [0.2, 0.25) is 0 Å². The fourth-order valence-electron chi connectivity index (χ4n) is 3.98. The molecule has 2 fully saturated rings. The summed E-state index contributed by atoms with van der Waals surface area (Å²) in [6.07, 6.45) is 4.50. The summed E-state index contributed by atoms with van der Waals surface area (Å²) in [5.41, 5.74) is 3.26. The van der Waals surface area contributed by atoms with Crippen LogP contribution in [-0.2, 0) is 11.3 Å². The first-order valence-electron chi connectivity index (χ1n) is 8.59. The smallest absolute Gasteiger partial charge is 0.134 e. The number of pyridine rings is 1. The fourth-order valence-corrected chi connectivity index (χ4v) is 3.98. The van der Waals surface area contributed by atoms with E-state index in [2.05, 4.69) is 36.1 Å². The van der Waals surface area contributed by atoms with Crippen molar-refractivity contribution in [1.82, 2.24) is 4.98 Å². The van der Waals surface area contributed by atoms with Crippen LogP contribution in [0.4, 0.5) is 5.82 Å². The van der Waals surface area contributed by atoms with Gasteiger partial charge in [-0.15, -0.1) is 0 Å². The second-order valence-electron chi connectivity index (χ2n) is 6.95. The highest BCUT2D eigenvalue weighted by Gasteiger charge is 2.38. The van der Waals surface area contributed by atoms with Gasteiger partial charge >= 0.3 is 0 Å². The molecule has 3 heterocycles. The van der Waals surface area contributed by atoms with Gasteiger partial charge in [0.15, 0.2) is 0 Å². The van der Waals surface area contributed by atoms with Crippen molar-refractivity contribution in [1.29, 1.82) is 0 Å². The van der Waals surface area contributed by atoms with Crippen molar-refractivity contribution in [2.24, 2.45) is 0 Å². The zero-order valence-electron chi connectivity index (χ0n) is 13.7. The largest absolute Gasteiger partial charge is 0.392 e. The lowest BCUT2D eigenvalue weighted by Gasteiger charge is -2.39. The monoisotopic (exact) mass is 312 g/mol. The first-order chi connectivity index (χ1) is 11.2. The van der Waals surface area contributed by atoms with E-state index in [1.807, 2.05) is 0 Å². The lowest BCUT2D eigenvalue weighted by atomic mass is 9.88. The van der Waals surface area contributed by atoms with Crippen molar-refractivity contribution in [2.75, 3.05) is 24.6 Å². The van der Waals surface area contributed by atoms with Crippen LogP contribution in [0.1, 0.15) is 36.8 Å². The first kappa shape index (κ1) is 14.9. The minimum Gasteiger partial charge on any atom is -0.392 e. The van der Waals surface area contributed by atoms with Crippen LogP contribution >= 0.6 is 0 Å². The van der Waals surface area contributed by atoms with Gasteiger partial charge in [-0.25, -0.2) is 4.98 Å². The van der Waals surface area contributed by atoms with Crippen LogP contribution in [0, 0.1) is 6.92 Å². The maximum atomic E-state index is 9.78. The lowest BCUT2D eigenvalue weighted by Crippen LogP contribution is -2.44. The molecule has 23 heavy (non-hydrogen) atoms. The molecule has 4 heteroatoms. The van der Waals surface area contributed by atoms with E-state index in [-0.39, 0.29) is 12.2 Å². The average molecular weight is 312 g/mol. The number of anilines is 1. The summed E-state index contributed by atoms with van der Waals surface area (Å²) in [4.78, 5) is 7.19. The van der Waals surface area contributed by atoms with Gasteiger partial charge in [-0.05, 0) is 50.3 Å². The maximum absolute atomic E-state index is 9.78. The molecule has 0 aliphatic carbocycles. The molecule has 0 radical (unpaired) electrons. The van der Waals surface area contributed by atoms with E-state index in [9.17, 15) is 5.11 Å². The number of piperidine rings is 1. The molecule has 1 aromatic heterocycles. The Balaban J connectivity index is 1.65. The zero-order valence-corrected chi connectivity index (χ0v) is 13.7. The topological polar surface area (TPSA) is 45.6 Å². The molecule has 0 atom stereocenters. The molecule has 1 aromatic carbocycles. The number of nitrogens with zero attached hydrogens (tertiary/aromatic N) is 2. The Morgan fingerprint density at radius 2 is 2.04 bits per heavy atom. The predicted octanol–water partition coefficient (Wildman–Crippen LogP) is 3.18. The third-order valence-electron chi connectivity index (χ3n) is 5.36. The molecule has 0 saturated carbocycles. The van der Waals surface area contributed by atoms with E-state index >= 15 is 0 Å². The van der Waals surface area contributed by atoms with E-state index in [4.69, 9.17) is 9.72 Å². The number of benzene rings is 1. The Morgan fingerprint density at radius 1 is 1.22 bits per heavy atom. The van der Waals surface area contributed by atoms with Crippen LogP contribution in [0.3, 0.4) is 0 Å². The van der Waals surface area contributed by atoms with Crippen molar-refractivity contribution in [3.8, 4) is 0 Å². The van der Waals surface area contributed by atoms with Crippen LogP contribution in [0.2, 0.25) is 0 Å². The normalized spacial score (nSPS) is 20.5. The van der Waals surface area contributed by atoms with Crippen molar-refractivity contribution >= 4 is 16.7 Å². The molecule has 2 aliphatic heterocycles. The Kier molecular flexibility index (Phi) is 3.74. The molecular weight excluding hydrogens is 288 g/mol. The van der Waals surface area contributed by atoms with E-state index < -0.39 is 0 Å². The number of aliphatic hydroxyl groups is 1. The SMILES string of the molecule is Cc1ccc2cc(CO)c(N3CCC4(CCCO4)CC3)nc2c1. The fraction of sp³-hybridized carbons (Fsp3) is 0.526. The minimum atomic E-state index is 0.0320. The summed E-state index contributed by atoms with van der Waals surface area (Å²) in [5.74, 6) is 0.943. The number of ether oxygens (including phenoxy) is 1. The third-order valence-corrected chi connectivity index (χ3v) is 5.36. The summed E-state index contributed by atoms with van der Waals surface area (Å²) in [6, 6.07) is 8.37. The van der Waals surface area contributed by atoms with Gasteiger partial charge in [-0.1, -0.05) is 12.1 Å². The number of fused-ring (bicyclic) bond motifs is 1. The van der Waals surface area contributed by atoms with Crippen LogP contribution in [-0.4, -0.2) is 35.4 Å². The number of aromatic nitrogens is 1. The highest BCUT2D eigenvalue weighted by atomic mass is 16.5. The predicted molar refractivity (Wildman–Crippen MR) is 91.8 cm³/mol. The van der Waals surface area contributed by atoms with Gasteiger partial charge in [0.1, 0.15) is 5.82 Å². The zero-order chi connectivity index (χ0) is 15.9. The van der Waals surface area contributed by atoms with Crippen molar-refractivity contribution in [3.63, 3.8) is 0 Å². The van der Waals surface area contributed by atoms with Gasteiger partial charge in [-0.3, -0.25) is 0 Å². The van der Waals surface area contributed by atoms with E-state index in [1.54, 1.807) is 0 Å². The Hall–Kier alpha value is -1.65.